The van der Waals surface area contributed by atoms with Crippen LogP contribution < -0.4 is 5.73 Å². The third-order valence-corrected chi connectivity index (χ3v) is 2.43. The van der Waals surface area contributed by atoms with E-state index >= 15 is 0 Å². The number of rotatable bonds is 2. The third kappa shape index (κ3) is 1.96. The van der Waals surface area contributed by atoms with E-state index in [4.69, 9.17) is 10.8 Å². The number of carboxylic acids is 1. The monoisotopic (exact) mass is 235 g/mol. The molecule has 6 heteroatoms. The molecule has 2 rings (SSSR count). The molecule has 0 unspecified atom stereocenters. The van der Waals surface area contributed by atoms with E-state index < -0.39 is 11.8 Å². The number of H-pyrrole nitrogens is 1. The van der Waals surface area contributed by atoms with Crippen molar-refractivity contribution < 1.29 is 14.3 Å². The normalized spacial score (nSPS) is 10.5. The van der Waals surface area contributed by atoms with Gasteiger partial charge in [-0.05, 0) is 24.6 Å². The first kappa shape index (κ1) is 11.1. The zero-order chi connectivity index (χ0) is 12.6. The predicted octanol–water partition coefficient (Wildman–Crippen LogP) is 1.80. The Balaban J connectivity index is 2.62. The van der Waals surface area contributed by atoms with E-state index in [0.717, 1.165) is 0 Å². The van der Waals surface area contributed by atoms with Crippen molar-refractivity contribution in [2.24, 2.45) is 0 Å². The van der Waals surface area contributed by atoms with Gasteiger partial charge in [-0.1, -0.05) is 0 Å². The number of halogens is 1. The first-order valence-electron chi connectivity index (χ1n) is 4.83. The Bertz CT molecular complexity index is 592. The van der Waals surface area contributed by atoms with E-state index in [1.807, 2.05) is 0 Å². The Labute approximate surface area is 96.1 Å². The molecule has 0 radical (unpaired) electrons. The number of aromatic nitrogens is 2. The summed E-state index contributed by atoms with van der Waals surface area (Å²) in [6, 6.07) is 4.00. The summed E-state index contributed by atoms with van der Waals surface area (Å²) in [5.41, 5.74) is 6.81. The van der Waals surface area contributed by atoms with Crippen molar-refractivity contribution in [3.8, 4) is 11.3 Å². The Morgan fingerprint density at radius 3 is 2.71 bits per heavy atom. The minimum Gasteiger partial charge on any atom is -0.478 e. The van der Waals surface area contributed by atoms with Crippen LogP contribution >= 0.6 is 0 Å². The Morgan fingerprint density at radius 1 is 1.47 bits per heavy atom. The number of aromatic amines is 1. The van der Waals surface area contributed by atoms with Crippen LogP contribution in [0.25, 0.3) is 11.3 Å². The number of benzene rings is 1. The van der Waals surface area contributed by atoms with Gasteiger partial charge in [-0.25, -0.2) is 9.18 Å². The quantitative estimate of drug-likeness (QED) is 0.740. The zero-order valence-corrected chi connectivity index (χ0v) is 8.99. The molecule has 1 heterocycles. The first-order chi connectivity index (χ1) is 7.99. The largest absolute Gasteiger partial charge is 0.478 e. The average Bonchev–Trinajstić information content (AvgIpc) is 2.64. The topological polar surface area (TPSA) is 92.0 Å². The van der Waals surface area contributed by atoms with Crippen LogP contribution in [0.4, 0.5) is 10.2 Å². The van der Waals surface area contributed by atoms with Gasteiger partial charge in [0.25, 0.3) is 0 Å². The van der Waals surface area contributed by atoms with Gasteiger partial charge in [0.15, 0.2) is 0 Å². The molecular weight excluding hydrogens is 225 g/mol. The van der Waals surface area contributed by atoms with E-state index in [1.54, 1.807) is 13.0 Å². The van der Waals surface area contributed by atoms with E-state index in [1.165, 1.54) is 12.1 Å². The number of carboxylic acid groups (broad SMARTS) is 1. The number of aryl methyl sites for hydroxylation is 1. The first-order valence-corrected chi connectivity index (χ1v) is 4.83. The predicted molar refractivity (Wildman–Crippen MR) is 60.1 cm³/mol. The fourth-order valence-electron chi connectivity index (χ4n) is 1.60. The Morgan fingerprint density at radius 2 is 2.18 bits per heavy atom. The SMILES string of the molecule is Cc1cc(F)c(C(=O)O)cc1-c1cc(N)n[nH]1. The van der Waals surface area contributed by atoms with Crippen LogP contribution in [0.5, 0.6) is 0 Å². The maximum atomic E-state index is 13.4. The molecule has 88 valence electrons. The van der Waals surface area contributed by atoms with Crippen molar-refractivity contribution >= 4 is 11.8 Å². The minimum absolute atomic E-state index is 0.292. The number of nitrogens with two attached hydrogens (primary N) is 1. The van der Waals surface area contributed by atoms with Gasteiger partial charge in [0.2, 0.25) is 0 Å². The highest BCUT2D eigenvalue weighted by Gasteiger charge is 2.15. The second kappa shape index (κ2) is 3.89. The van der Waals surface area contributed by atoms with Gasteiger partial charge < -0.3 is 10.8 Å². The summed E-state index contributed by atoms with van der Waals surface area (Å²) >= 11 is 0. The fourth-order valence-corrected chi connectivity index (χ4v) is 1.60. The Hall–Kier alpha value is -2.37. The van der Waals surface area contributed by atoms with Crippen LogP contribution in [-0.4, -0.2) is 21.3 Å². The molecule has 0 aliphatic heterocycles. The lowest BCUT2D eigenvalue weighted by Crippen LogP contribution is -2.02. The minimum atomic E-state index is -1.31. The third-order valence-electron chi connectivity index (χ3n) is 2.43. The summed E-state index contributed by atoms with van der Waals surface area (Å²) in [5.74, 6) is -1.77. The smallest absolute Gasteiger partial charge is 0.338 e. The van der Waals surface area contributed by atoms with E-state index in [2.05, 4.69) is 10.2 Å². The lowest BCUT2D eigenvalue weighted by Gasteiger charge is -2.06. The highest BCUT2D eigenvalue weighted by Crippen LogP contribution is 2.25. The van der Waals surface area contributed by atoms with Gasteiger partial charge in [-0.3, -0.25) is 5.10 Å². The number of carbonyl (C=O) groups is 1. The van der Waals surface area contributed by atoms with Crippen LogP contribution in [0.1, 0.15) is 15.9 Å². The van der Waals surface area contributed by atoms with Crippen molar-refractivity contribution in [3.05, 3.63) is 35.1 Å². The lowest BCUT2D eigenvalue weighted by atomic mass is 10.0. The molecular formula is C11H10FN3O2. The van der Waals surface area contributed by atoms with Gasteiger partial charge in [-0.2, -0.15) is 5.10 Å². The van der Waals surface area contributed by atoms with Gasteiger partial charge >= 0.3 is 5.97 Å². The molecule has 2 aromatic rings. The van der Waals surface area contributed by atoms with Crippen molar-refractivity contribution in [1.82, 2.24) is 10.2 Å². The molecule has 4 N–H and O–H groups in total. The number of anilines is 1. The Kier molecular flexibility index (Phi) is 2.55. The molecule has 5 nitrogen and oxygen atoms in total. The number of aromatic carboxylic acids is 1. The molecule has 0 spiro atoms. The standard InChI is InChI=1S/C11H10FN3O2/c1-5-2-8(12)7(11(16)17)3-6(5)9-4-10(13)15-14-9/h2-4H,1H3,(H,16,17)(H3,13,14,15). The maximum absolute atomic E-state index is 13.4. The second-order valence-electron chi connectivity index (χ2n) is 3.66. The van der Waals surface area contributed by atoms with Gasteiger partial charge in [0.05, 0.1) is 11.3 Å². The summed E-state index contributed by atoms with van der Waals surface area (Å²) in [6.07, 6.45) is 0. The van der Waals surface area contributed by atoms with Crippen LogP contribution in [-0.2, 0) is 0 Å². The zero-order valence-electron chi connectivity index (χ0n) is 8.99. The van der Waals surface area contributed by atoms with Crippen molar-refractivity contribution in [2.75, 3.05) is 5.73 Å². The molecule has 0 atom stereocenters. The number of nitrogens with one attached hydrogen (secondary N) is 1. The van der Waals surface area contributed by atoms with Crippen molar-refractivity contribution in [1.29, 1.82) is 0 Å². The summed E-state index contributed by atoms with van der Waals surface area (Å²) < 4.78 is 13.4. The van der Waals surface area contributed by atoms with E-state index in [9.17, 15) is 9.18 Å². The van der Waals surface area contributed by atoms with Crippen LogP contribution in [0.15, 0.2) is 18.2 Å². The molecule has 0 aliphatic carbocycles. The van der Waals surface area contributed by atoms with E-state index in [0.29, 0.717) is 22.6 Å². The number of nitrogen functional groups attached to an aromatic ring is 1. The van der Waals surface area contributed by atoms with Crippen LogP contribution in [0.3, 0.4) is 0 Å². The van der Waals surface area contributed by atoms with Crippen molar-refractivity contribution in [2.45, 2.75) is 6.92 Å². The molecule has 0 saturated heterocycles. The molecule has 0 bridgehead atoms. The lowest BCUT2D eigenvalue weighted by molar-refractivity contribution is 0.0692. The number of hydrogen-bond donors (Lipinski definition) is 3. The van der Waals surface area contributed by atoms with Crippen LogP contribution in [0, 0.1) is 12.7 Å². The van der Waals surface area contributed by atoms with Gasteiger partial charge in [-0.15, -0.1) is 0 Å². The molecule has 17 heavy (non-hydrogen) atoms. The average molecular weight is 235 g/mol. The molecule has 0 aliphatic rings. The fraction of sp³-hybridized carbons (Fsp3) is 0.0909. The van der Waals surface area contributed by atoms with Gasteiger partial charge in [0, 0.05) is 11.6 Å². The van der Waals surface area contributed by atoms with E-state index in [-0.39, 0.29) is 5.56 Å². The van der Waals surface area contributed by atoms with Gasteiger partial charge in [0.1, 0.15) is 11.6 Å². The molecule has 0 saturated carbocycles. The van der Waals surface area contributed by atoms with Crippen LogP contribution in [0.2, 0.25) is 0 Å². The number of nitrogens with zero attached hydrogens (tertiary/aromatic N) is 1. The molecule has 0 amide bonds. The summed E-state index contributed by atoms with van der Waals surface area (Å²) in [4.78, 5) is 10.8. The summed E-state index contributed by atoms with van der Waals surface area (Å²) in [5, 5.41) is 15.2. The second-order valence-corrected chi connectivity index (χ2v) is 3.66. The highest BCUT2D eigenvalue weighted by atomic mass is 19.1. The number of hydrogen-bond acceptors (Lipinski definition) is 3. The summed E-state index contributed by atoms with van der Waals surface area (Å²) in [7, 11) is 0. The molecule has 1 aromatic heterocycles. The van der Waals surface area contributed by atoms with Crippen molar-refractivity contribution in [3.63, 3.8) is 0 Å². The summed E-state index contributed by atoms with van der Waals surface area (Å²) in [6.45, 7) is 1.68. The maximum Gasteiger partial charge on any atom is 0.338 e. The molecule has 1 aromatic carbocycles. The highest BCUT2D eigenvalue weighted by molar-refractivity contribution is 5.90. The molecule has 0 fully saturated rings.